The van der Waals surface area contributed by atoms with E-state index in [1.54, 1.807) is 12.1 Å². The standard InChI is InChI=1S/C12H19N3O2/c1-13(2)8-9-14(3)10-11-6-4-5-7-12(11)15(16)17/h4-7H,8-10H2,1-3H3/p+2. The second kappa shape index (κ2) is 6.32. The lowest BCUT2D eigenvalue weighted by Gasteiger charge is -2.15. The first kappa shape index (κ1) is 13.6. The molecule has 0 amide bonds. The molecule has 0 saturated heterocycles. The molecule has 0 spiro atoms. The zero-order valence-corrected chi connectivity index (χ0v) is 10.7. The number of quaternary nitrogens is 2. The third kappa shape index (κ3) is 4.50. The van der Waals surface area contributed by atoms with Crippen molar-refractivity contribution in [3.8, 4) is 0 Å². The maximum Gasteiger partial charge on any atom is 0.278 e. The summed E-state index contributed by atoms with van der Waals surface area (Å²) in [6, 6.07) is 6.97. The van der Waals surface area contributed by atoms with Crippen molar-refractivity contribution in [2.75, 3.05) is 34.2 Å². The number of nitrogens with one attached hydrogen (secondary N) is 2. The maximum atomic E-state index is 10.9. The summed E-state index contributed by atoms with van der Waals surface area (Å²) in [7, 11) is 6.29. The van der Waals surface area contributed by atoms with Gasteiger partial charge in [0.2, 0.25) is 0 Å². The number of hydrogen-bond donors (Lipinski definition) is 2. The number of benzene rings is 1. The van der Waals surface area contributed by atoms with Gasteiger partial charge in [-0.2, -0.15) is 0 Å². The summed E-state index contributed by atoms with van der Waals surface area (Å²) in [5.41, 5.74) is 1.04. The third-order valence-electron chi connectivity index (χ3n) is 2.73. The van der Waals surface area contributed by atoms with Gasteiger partial charge < -0.3 is 9.80 Å². The molecular weight excluding hydrogens is 218 g/mol. The molecule has 0 aliphatic rings. The highest BCUT2D eigenvalue weighted by atomic mass is 16.6. The van der Waals surface area contributed by atoms with E-state index in [0.29, 0.717) is 6.54 Å². The van der Waals surface area contributed by atoms with Crippen LogP contribution in [0.4, 0.5) is 5.69 Å². The summed E-state index contributed by atoms with van der Waals surface area (Å²) in [6.45, 7) is 2.77. The molecule has 1 unspecified atom stereocenters. The highest BCUT2D eigenvalue weighted by molar-refractivity contribution is 5.38. The third-order valence-corrected chi connectivity index (χ3v) is 2.73. The predicted molar refractivity (Wildman–Crippen MR) is 66.2 cm³/mol. The monoisotopic (exact) mass is 239 g/mol. The molecule has 0 aromatic heterocycles. The van der Waals surface area contributed by atoms with E-state index >= 15 is 0 Å². The Morgan fingerprint density at radius 2 is 1.82 bits per heavy atom. The van der Waals surface area contributed by atoms with Gasteiger partial charge in [-0.1, -0.05) is 12.1 Å². The van der Waals surface area contributed by atoms with Gasteiger partial charge in [0.25, 0.3) is 5.69 Å². The van der Waals surface area contributed by atoms with E-state index in [0.717, 1.165) is 18.7 Å². The van der Waals surface area contributed by atoms with Gasteiger partial charge in [-0.15, -0.1) is 0 Å². The van der Waals surface area contributed by atoms with E-state index in [4.69, 9.17) is 0 Å². The molecule has 5 heteroatoms. The zero-order chi connectivity index (χ0) is 12.8. The van der Waals surface area contributed by atoms with Crippen LogP contribution in [0.25, 0.3) is 0 Å². The zero-order valence-electron chi connectivity index (χ0n) is 10.7. The van der Waals surface area contributed by atoms with Gasteiger partial charge >= 0.3 is 0 Å². The molecule has 0 bridgehead atoms. The Balaban J connectivity index is 2.64. The van der Waals surface area contributed by atoms with Crippen molar-refractivity contribution in [1.29, 1.82) is 0 Å². The molecule has 0 saturated carbocycles. The fraction of sp³-hybridized carbons (Fsp3) is 0.500. The van der Waals surface area contributed by atoms with Crippen LogP contribution in [0.15, 0.2) is 24.3 Å². The maximum absolute atomic E-state index is 10.9. The van der Waals surface area contributed by atoms with Crippen LogP contribution >= 0.6 is 0 Å². The Labute approximate surface area is 102 Å². The average molecular weight is 239 g/mol. The molecule has 0 radical (unpaired) electrons. The topological polar surface area (TPSA) is 52.0 Å². The minimum atomic E-state index is -0.306. The summed E-state index contributed by atoms with van der Waals surface area (Å²) >= 11 is 0. The molecule has 17 heavy (non-hydrogen) atoms. The van der Waals surface area contributed by atoms with Gasteiger partial charge in [-0.3, -0.25) is 10.1 Å². The Kier molecular flexibility index (Phi) is 5.06. The van der Waals surface area contributed by atoms with Gasteiger partial charge in [-0.05, 0) is 6.07 Å². The molecular formula is C12H21N3O2+2. The van der Waals surface area contributed by atoms with Gasteiger partial charge in [0.15, 0.2) is 0 Å². The smallest absolute Gasteiger partial charge is 0.278 e. The molecule has 0 fully saturated rings. The summed E-state index contributed by atoms with van der Waals surface area (Å²) in [5, 5.41) is 10.9. The normalized spacial score (nSPS) is 12.7. The van der Waals surface area contributed by atoms with Crippen LogP contribution in [0.2, 0.25) is 0 Å². The number of nitrogens with zero attached hydrogens (tertiary/aromatic N) is 1. The van der Waals surface area contributed by atoms with Crippen LogP contribution in [0.1, 0.15) is 5.56 Å². The van der Waals surface area contributed by atoms with Crippen molar-refractivity contribution in [3.05, 3.63) is 39.9 Å². The highest BCUT2D eigenvalue weighted by Gasteiger charge is 2.16. The first-order valence-electron chi connectivity index (χ1n) is 5.83. The molecule has 0 aliphatic heterocycles. The number of nitro benzene ring substituents is 1. The fourth-order valence-corrected chi connectivity index (χ4v) is 1.72. The minimum absolute atomic E-state index is 0.226. The van der Waals surface area contributed by atoms with Crippen LogP contribution in [-0.2, 0) is 6.54 Å². The molecule has 1 aromatic carbocycles. The first-order chi connectivity index (χ1) is 8.00. The van der Waals surface area contributed by atoms with E-state index in [2.05, 4.69) is 21.1 Å². The van der Waals surface area contributed by atoms with Crippen LogP contribution in [0.5, 0.6) is 0 Å². The molecule has 1 rings (SSSR count). The van der Waals surface area contributed by atoms with Crippen molar-refractivity contribution in [2.45, 2.75) is 6.54 Å². The Hall–Kier alpha value is -1.46. The van der Waals surface area contributed by atoms with Crippen LogP contribution in [0, 0.1) is 10.1 Å². The quantitative estimate of drug-likeness (QED) is 0.482. The predicted octanol–water partition coefficient (Wildman–Crippen LogP) is -1.25. The molecule has 1 aromatic rings. The van der Waals surface area contributed by atoms with Crippen LogP contribution in [0.3, 0.4) is 0 Å². The number of rotatable bonds is 6. The van der Waals surface area contributed by atoms with Gasteiger partial charge in [0, 0.05) is 6.07 Å². The van der Waals surface area contributed by atoms with Crippen molar-refractivity contribution in [2.24, 2.45) is 0 Å². The Morgan fingerprint density at radius 1 is 1.18 bits per heavy atom. The molecule has 0 heterocycles. The van der Waals surface area contributed by atoms with E-state index in [-0.39, 0.29) is 10.6 Å². The Morgan fingerprint density at radius 3 is 2.41 bits per heavy atom. The van der Waals surface area contributed by atoms with E-state index in [1.807, 2.05) is 12.1 Å². The molecule has 2 N–H and O–H groups in total. The SMILES string of the molecule is C[NH+](C)CC[NH+](C)Cc1ccccc1[N+](=O)[O-]. The van der Waals surface area contributed by atoms with Crippen molar-refractivity contribution >= 4 is 5.69 Å². The molecule has 5 nitrogen and oxygen atoms in total. The fourth-order valence-electron chi connectivity index (χ4n) is 1.72. The van der Waals surface area contributed by atoms with Gasteiger partial charge in [0.05, 0.1) is 31.6 Å². The number of para-hydroxylation sites is 1. The lowest BCUT2D eigenvalue weighted by Crippen LogP contribution is -3.15. The summed E-state index contributed by atoms with van der Waals surface area (Å²) in [6.07, 6.45) is 0. The average Bonchev–Trinajstić information content (AvgIpc) is 2.27. The molecule has 1 atom stereocenters. The lowest BCUT2D eigenvalue weighted by atomic mass is 10.1. The van der Waals surface area contributed by atoms with Gasteiger partial charge in [-0.25, -0.2) is 0 Å². The highest BCUT2D eigenvalue weighted by Crippen LogP contribution is 2.15. The summed E-state index contributed by atoms with van der Waals surface area (Å²) in [4.78, 5) is 13.2. The summed E-state index contributed by atoms with van der Waals surface area (Å²) in [5.74, 6) is 0. The summed E-state index contributed by atoms with van der Waals surface area (Å²) < 4.78 is 0. The Bertz CT molecular complexity index is 380. The van der Waals surface area contributed by atoms with Crippen molar-refractivity contribution < 1.29 is 14.7 Å². The number of hydrogen-bond acceptors (Lipinski definition) is 2. The second-order valence-corrected chi connectivity index (χ2v) is 4.73. The molecule has 94 valence electrons. The van der Waals surface area contributed by atoms with E-state index in [1.165, 1.54) is 9.80 Å². The second-order valence-electron chi connectivity index (χ2n) is 4.73. The number of likely N-dealkylation sites (N-methyl/N-ethyl adjacent to an activating group) is 2. The van der Waals surface area contributed by atoms with Crippen molar-refractivity contribution in [1.82, 2.24) is 0 Å². The van der Waals surface area contributed by atoms with Crippen LogP contribution in [-0.4, -0.2) is 39.2 Å². The first-order valence-corrected chi connectivity index (χ1v) is 5.83. The van der Waals surface area contributed by atoms with E-state index < -0.39 is 0 Å². The largest absolute Gasteiger partial charge is 0.335 e. The molecule has 0 aliphatic carbocycles. The van der Waals surface area contributed by atoms with E-state index in [9.17, 15) is 10.1 Å². The van der Waals surface area contributed by atoms with Crippen molar-refractivity contribution in [3.63, 3.8) is 0 Å². The lowest BCUT2D eigenvalue weighted by molar-refractivity contribution is -0.937. The number of nitro groups is 1. The van der Waals surface area contributed by atoms with Gasteiger partial charge in [0.1, 0.15) is 19.6 Å². The minimum Gasteiger partial charge on any atom is -0.335 e. The van der Waals surface area contributed by atoms with Crippen LogP contribution < -0.4 is 9.80 Å².